The highest BCUT2D eigenvalue weighted by Crippen LogP contribution is 2.35. The molecule has 1 rings (SSSR count). The van der Waals surface area contributed by atoms with Crippen molar-refractivity contribution in [2.75, 3.05) is 6.54 Å². The molecule has 0 aromatic carbocycles. The Kier molecular flexibility index (Phi) is 3.24. The van der Waals surface area contributed by atoms with Gasteiger partial charge in [-0.1, -0.05) is 6.58 Å². The van der Waals surface area contributed by atoms with Crippen LogP contribution in [0.15, 0.2) is 12.7 Å². The van der Waals surface area contributed by atoms with Crippen LogP contribution in [-0.4, -0.2) is 23.5 Å². The molecule has 86 valence electrons. The van der Waals surface area contributed by atoms with Gasteiger partial charge in [0.1, 0.15) is 0 Å². The molecule has 1 atom stereocenters. The number of amides is 1. The topological polar surface area (TPSA) is 41.1 Å². The van der Waals surface area contributed by atoms with Crippen LogP contribution in [0.2, 0.25) is 0 Å². The van der Waals surface area contributed by atoms with Crippen molar-refractivity contribution in [3.63, 3.8) is 0 Å². The van der Waals surface area contributed by atoms with Crippen LogP contribution in [0.1, 0.15) is 34.1 Å². The lowest BCUT2D eigenvalue weighted by molar-refractivity contribution is -0.116. The summed E-state index contributed by atoms with van der Waals surface area (Å²) >= 11 is 0. The van der Waals surface area contributed by atoms with Crippen LogP contribution in [0.3, 0.4) is 0 Å². The fourth-order valence-corrected chi connectivity index (χ4v) is 2.52. The Morgan fingerprint density at radius 3 is 2.53 bits per heavy atom. The highest BCUT2D eigenvalue weighted by atomic mass is 16.1. The fraction of sp³-hybridized carbons (Fsp3) is 0.750. The molecule has 0 aromatic heterocycles. The first-order valence-electron chi connectivity index (χ1n) is 5.46. The van der Waals surface area contributed by atoms with Gasteiger partial charge in [0.15, 0.2) is 0 Å². The molecule has 0 aromatic rings. The third-order valence-electron chi connectivity index (χ3n) is 3.15. The zero-order valence-corrected chi connectivity index (χ0v) is 10.2. The summed E-state index contributed by atoms with van der Waals surface area (Å²) in [5.74, 6) is 0.381. The number of nitrogens with one attached hydrogen (secondary N) is 2. The molecule has 0 saturated carbocycles. The molecule has 1 amide bonds. The standard InChI is InChI=1S/C12H22N2O/c1-6-10(15)13-8-9-7-11(2,3)14-12(9,4)5/h6,9,14H,1,7-8H2,2-5H3,(H,13,15). The van der Waals surface area contributed by atoms with Gasteiger partial charge < -0.3 is 10.6 Å². The lowest BCUT2D eigenvalue weighted by Gasteiger charge is -2.28. The van der Waals surface area contributed by atoms with E-state index in [0.29, 0.717) is 12.5 Å². The van der Waals surface area contributed by atoms with Crippen molar-refractivity contribution < 1.29 is 4.79 Å². The summed E-state index contributed by atoms with van der Waals surface area (Å²) in [7, 11) is 0. The van der Waals surface area contributed by atoms with Gasteiger partial charge >= 0.3 is 0 Å². The van der Waals surface area contributed by atoms with E-state index in [9.17, 15) is 4.79 Å². The van der Waals surface area contributed by atoms with Gasteiger partial charge in [-0.15, -0.1) is 0 Å². The molecule has 1 unspecified atom stereocenters. The van der Waals surface area contributed by atoms with Crippen molar-refractivity contribution in [3.8, 4) is 0 Å². The number of rotatable bonds is 3. The number of hydrogen-bond acceptors (Lipinski definition) is 2. The summed E-state index contributed by atoms with van der Waals surface area (Å²) in [5, 5.41) is 6.45. The van der Waals surface area contributed by atoms with Crippen molar-refractivity contribution in [3.05, 3.63) is 12.7 Å². The minimum Gasteiger partial charge on any atom is -0.352 e. The van der Waals surface area contributed by atoms with Gasteiger partial charge in [-0.25, -0.2) is 0 Å². The molecule has 0 bridgehead atoms. The number of hydrogen-bond donors (Lipinski definition) is 2. The average molecular weight is 210 g/mol. The molecular weight excluding hydrogens is 188 g/mol. The molecule has 1 fully saturated rings. The average Bonchev–Trinajstić information content (AvgIpc) is 2.29. The summed E-state index contributed by atoms with van der Waals surface area (Å²) in [5.41, 5.74) is 0.241. The van der Waals surface area contributed by atoms with Crippen LogP contribution in [0.25, 0.3) is 0 Å². The summed E-state index contributed by atoms with van der Waals surface area (Å²) in [6, 6.07) is 0. The molecule has 2 N–H and O–H groups in total. The predicted molar refractivity (Wildman–Crippen MR) is 62.6 cm³/mol. The second-order valence-electron chi connectivity index (χ2n) is 5.58. The Morgan fingerprint density at radius 1 is 1.53 bits per heavy atom. The van der Waals surface area contributed by atoms with Gasteiger partial charge in [-0.05, 0) is 46.1 Å². The SMILES string of the molecule is C=CC(=O)NCC1CC(C)(C)NC1(C)C. The van der Waals surface area contributed by atoms with Crippen LogP contribution in [0.5, 0.6) is 0 Å². The normalized spacial score (nSPS) is 27.3. The van der Waals surface area contributed by atoms with Crippen LogP contribution < -0.4 is 10.6 Å². The van der Waals surface area contributed by atoms with Crippen LogP contribution in [0, 0.1) is 5.92 Å². The molecule has 15 heavy (non-hydrogen) atoms. The van der Waals surface area contributed by atoms with Crippen molar-refractivity contribution >= 4 is 5.91 Å². The molecule has 3 heteroatoms. The van der Waals surface area contributed by atoms with E-state index in [1.54, 1.807) is 0 Å². The molecule has 3 nitrogen and oxygen atoms in total. The second kappa shape index (κ2) is 3.97. The van der Waals surface area contributed by atoms with Gasteiger partial charge in [0, 0.05) is 17.6 Å². The second-order valence-corrected chi connectivity index (χ2v) is 5.58. The predicted octanol–water partition coefficient (Wildman–Crippen LogP) is 1.46. The highest BCUT2D eigenvalue weighted by Gasteiger charge is 2.43. The van der Waals surface area contributed by atoms with Gasteiger partial charge in [-0.2, -0.15) is 0 Å². The molecule has 0 radical (unpaired) electrons. The number of carbonyl (C=O) groups excluding carboxylic acids is 1. The molecule has 1 aliphatic heterocycles. The van der Waals surface area contributed by atoms with Crippen LogP contribution in [-0.2, 0) is 4.79 Å². The third-order valence-corrected chi connectivity index (χ3v) is 3.15. The lowest BCUT2D eigenvalue weighted by Crippen LogP contribution is -2.47. The van der Waals surface area contributed by atoms with E-state index in [0.717, 1.165) is 6.42 Å². The first kappa shape index (κ1) is 12.2. The first-order valence-corrected chi connectivity index (χ1v) is 5.46. The fourth-order valence-electron chi connectivity index (χ4n) is 2.52. The summed E-state index contributed by atoms with van der Waals surface area (Å²) < 4.78 is 0. The van der Waals surface area contributed by atoms with E-state index in [4.69, 9.17) is 0 Å². The van der Waals surface area contributed by atoms with Crippen LogP contribution >= 0.6 is 0 Å². The molecule has 1 aliphatic rings. The smallest absolute Gasteiger partial charge is 0.243 e. The molecular formula is C12H22N2O. The van der Waals surface area contributed by atoms with Crippen molar-refractivity contribution in [2.24, 2.45) is 5.92 Å². The summed E-state index contributed by atoms with van der Waals surface area (Å²) in [6.07, 6.45) is 2.40. The van der Waals surface area contributed by atoms with E-state index in [1.165, 1.54) is 6.08 Å². The zero-order chi connectivity index (χ0) is 11.7. The monoisotopic (exact) mass is 210 g/mol. The summed E-state index contributed by atoms with van der Waals surface area (Å²) in [4.78, 5) is 11.1. The van der Waals surface area contributed by atoms with Crippen molar-refractivity contribution in [1.82, 2.24) is 10.6 Å². The Hall–Kier alpha value is -0.830. The van der Waals surface area contributed by atoms with Gasteiger partial charge in [0.25, 0.3) is 0 Å². The Bertz CT molecular complexity index is 269. The summed E-state index contributed by atoms with van der Waals surface area (Å²) in [6.45, 7) is 12.9. The van der Waals surface area contributed by atoms with Crippen molar-refractivity contribution in [2.45, 2.75) is 45.2 Å². The maximum Gasteiger partial charge on any atom is 0.243 e. The van der Waals surface area contributed by atoms with E-state index in [2.05, 4.69) is 44.9 Å². The van der Waals surface area contributed by atoms with Gasteiger partial charge in [0.05, 0.1) is 0 Å². The Labute approximate surface area is 92.3 Å². The van der Waals surface area contributed by atoms with Gasteiger partial charge in [0.2, 0.25) is 5.91 Å². The maximum absolute atomic E-state index is 11.1. The Balaban J connectivity index is 2.55. The third kappa shape index (κ3) is 3.06. The first-order chi connectivity index (χ1) is 6.77. The highest BCUT2D eigenvalue weighted by molar-refractivity contribution is 5.86. The van der Waals surface area contributed by atoms with Crippen LogP contribution in [0.4, 0.5) is 0 Å². The van der Waals surface area contributed by atoms with E-state index in [-0.39, 0.29) is 17.0 Å². The zero-order valence-electron chi connectivity index (χ0n) is 10.2. The molecule has 0 spiro atoms. The minimum absolute atomic E-state index is 0.0813. The Morgan fingerprint density at radius 2 is 2.13 bits per heavy atom. The quantitative estimate of drug-likeness (QED) is 0.692. The van der Waals surface area contributed by atoms with Crippen molar-refractivity contribution in [1.29, 1.82) is 0 Å². The lowest BCUT2D eigenvalue weighted by atomic mass is 9.87. The van der Waals surface area contributed by atoms with Gasteiger partial charge in [-0.3, -0.25) is 4.79 Å². The molecule has 0 aliphatic carbocycles. The minimum atomic E-state index is -0.0875. The molecule has 1 heterocycles. The van der Waals surface area contributed by atoms with E-state index in [1.807, 2.05) is 0 Å². The molecule has 1 saturated heterocycles. The largest absolute Gasteiger partial charge is 0.352 e. The number of carbonyl (C=O) groups is 1. The maximum atomic E-state index is 11.1. The van der Waals surface area contributed by atoms with E-state index < -0.39 is 0 Å². The van der Waals surface area contributed by atoms with E-state index >= 15 is 0 Å².